The van der Waals surface area contributed by atoms with Crippen LogP contribution in [0.3, 0.4) is 0 Å². The first-order valence-electron chi connectivity index (χ1n) is 6.16. The number of anilines is 1. The topological polar surface area (TPSA) is 56.7 Å². The van der Waals surface area contributed by atoms with Crippen molar-refractivity contribution in [3.63, 3.8) is 0 Å². The van der Waals surface area contributed by atoms with E-state index in [-0.39, 0.29) is 0 Å². The lowest BCUT2D eigenvalue weighted by molar-refractivity contribution is 0.538. The second kappa shape index (κ2) is 3.98. The van der Waals surface area contributed by atoms with Crippen molar-refractivity contribution in [3.8, 4) is 0 Å². The highest BCUT2D eigenvalue weighted by molar-refractivity contribution is 6.02. The summed E-state index contributed by atoms with van der Waals surface area (Å²) in [7, 11) is 0. The molecule has 0 saturated heterocycles. The monoisotopic (exact) mass is 240 g/mol. The number of fused-ring (bicyclic) bond motifs is 3. The minimum Gasteiger partial charge on any atom is -0.369 e. The van der Waals surface area contributed by atoms with E-state index in [1.807, 2.05) is 18.2 Å². The van der Waals surface area contributed by atoms with Crippen molar-refractivity contribution in [3.05, 3.63) is 30.5 Å². The summed E-state index contributed by atoms with van der Waals surface area (Å²) >= 11 is 0. The third kappa shape index (κ3) is 1.61. The summed E-state index contributed by atoms with van der Waals surface area (Å²) in [6, 6.07) is 8.10. The molecule has 3 aromatic rings. The molecule has 2 N–H and O–H groups in total. The Bertz CT molecular complexity index is 712. The van der Waals surface area contributed by atoms with Gasteiger partial charge < -0.3 is 10.3 Å². The second-order valence-electron chi connectivity index (χ2n) is 4.98. The van der Waals surface area contributed by atoms with Crippen LogP contribution in [0.1, 0.15) is 13.8 Å². The summed E-state index contributed by atoms with van der Waals surface area (Å²) in [5.41, 5.74) is 8.96. The van der Waals surface area contributed by atoms with Crippen LogP contribution in [0.4, 0.5) is 5.95 Å². The number of aromatic nitrogens is 3. The van der Waals surface area contributed by atoms with Crippen LogP contribution in [0.2, 0.25) is 0 Å². The molecule has 0 atom stereocenters. The van der Waals surface area contributed by atoms with E-state index in [1.165, 1.54) is 0 Å². The van der Waals surface area contributed by atoms with Crippen molar-refractivity contribution in [2.45, 2.75) is 20.4 Å². The van der Waals surface area contributed by atoms with Crippen molar-refractivity contribution in [1.29, 1.82) is 0 Å². The molecular weight excluding hydrogens is 224 g/mol. The largest absolute Gasteiger partial charge is 0.369 e. The molecule has 3 rings (SSSR count). The Morgan fingerprint density at radius 1 is 1.22 bits per heavy atom. The molecule has 0 saturated carbocycles. The van der Waals surface area contributed by atoms with Crippen LogP contribution in [0, 0.1) is 5.92 Å². The molecule has 0 bridgehead atoms. The van der Waals surface area contributed by atoms with Crippen LogP contribution in [0.5, 0.6) is 0 Å². The molecule has 0 radical (unpaired) electrons. The Morgan fingerprint density at radius 3 is 2.78 bits per heavy atom. The SMILES string of the molecule is CC(C)Cn1c(N)nc2cnc3ccccc3c21. The Morgan fingerprint density at radius 2 is 2.00 bits per heavy atom. The molecule has 2 aromatic heterocycles. The Labute approximate surface area is 105 Å². The first kappa shape index (κ1) is 11.0. The van der Waals surface area contributed by atoms with Gasteiger partial charge in [-0.1, -0.05) is 32.0 Å². The van der Waals surface area contributed by atoms with Gasteiger partial charge in [0.2, 0.25) is 5.95 Å². The predicted molar refractivity (Wildman–Crippen MR) is 74.3 cm³/mol. The zero-order chi connectivity index (χ0) is 12.7. The van der Waals surface area contributed by atoms with Crippen molar-refractivity contribution in [1.82, 2.24) is 14.5 Å². The number of imidazole rings is 1. The average molecular weight is 240 g/mol. The average Bonchev–Trinajstić information content (AvgIpc) is 2.66. The number of nitrogens with two attached hydrogens (primary N) is 1. The standard InChI is InChI=1S/C14H16N4/c1-9(2)8-18-13-10-5-3-4-6-11(10)16-7-12(13)17-14(18)15/h3-7,9H,8H2,1-2H3,(H2,15,17). The van der Waals surface area contributed by atoms with Gasteiger partial charge in [0.25, 0.3) is 0 Å². The first-order chi connectivity index (χ1) is 8.66. The predicted octanol–water partition coefficient (Wildman–Crippen LogP) is 2.82. The highest BCUT2D eigenvalue weighted by Gasteiger charge is 2.12. The molecule has 0 spiro atoms. The van der Waals surface area contributed by atoms with Crippen LogP contribution in [-0.4, -0.2) is 14.5 Å². The first-order valence-corrected chi connectivity index (χ1v) is 6.16. The maximum atomic E-state index is 6.02. The minimum atomic E-state index is 0.525. The van der Waals surface area contributed by atoms with Gasteiger partial charge in [-0.3, -0.25) is 4.98 Å². The van der Waals surface area contributed by atoms with Crippen LogP contribution in [-0.2, 0) is 6.54 Å². The number of para-hydroxylation sites is 1. The summed E-state index contributed by atoms with van der Waals surface area (Å²) < 4.78 is 2.09. The van der Waals surface area contributed by atoms with Gasteiger partial charge in [0.15, 0.2) is 0 Å². The number of hydrogen-bond donors (Lipinski definition) is 1. The maximum absolute atomic E-state index is 6.02. The zero-order valence-electron chi connectivity index (χ0n) is 10.6. The van der Waals surface area contributed by atoms with Gasteiger partial charge in [-0.15, -0.1) is 0 Å². The molecule has 0 aliphatic carbocycles. The van der Waals surface area contributed by atoms with Crippen LogP contribution >= 0.6 is 0 Å². The lowest BCUT2D eigenvalue weighted by Crippen LogP contribution is -2.08. The lowest BCUT2D eigenvalue weighted by Gasteiger charge is -2.10. The quantitative estimate of drug-likeness (QED) is 0.749. The smallest absolute Gasteiger partial charge is 0.201 e. The van der Waals surface area contributed by atoms with Gasteiger partial charge in [-0.05, 0) is 12.0 Å². The molecule has 18 heavy (non-hydrogen) atoms. The van der Waals surface area contributed by atoms with E-state index in [1.54, 1.807) is 6.20 Å². The minimum absolute atomic E-state index is 0.525. The van der Waals surface area contributed by atoms with E-state index in [0.717, 1.165) is 28.5 Å². The fourth-order valence-corrected chi connectivity index (χ4v) is 2.33. The van der Waals surface area contributed by atoms with Gasteiger partial charge in [0, 0.05) is 11.9 Å². The summed E-state index contributed by atoms with van der Waals surface area (Å²) in [4.78, 5) is 8.81. The summed E-state index contributed by atoms with van der Waals surface area (Å²) in [5.74, 6) is 1.09. The van der Waals surface area contributed by atoms with Crippen molar-refractivity contribution >= 4 is 27.9 Å². The molecule has 4 nitrogen and oxygen atoms in total. The molecule has 2 heterocycles. The molecule has 0 aliphatic heterocycles. The Hall–Kier alpha value is -2.10. The number of rotatable bonds is 2. The van der Waals surface area contributed by atoms with Gasteiger partial charge in [-0.25, -0.2) is 4.98 Å². The number of hydrogen-bond acceptors (Lipinski definition) is 3. The van der Waals surface area contributed by atoms with Gasteiger partial charge in [0.05, 0.1) is 17.2 Å². The fraction of sp³-hybridized carbons (Fsp3) is 0.286. The van der Waals surface area contributed by atoms with E-state index >= 15 is 0 Å². The van der Waals surface area contributed by atoms with Crippen LogP contribution in [0.25, 0.3) is 21.9 Å². The molecule has 1 aromatic carbocycles. The molecule has 92 valence electrons. The maximum Gasteiger partial charge on any atom is 0.201 e. The molecule has 0 fully saturated rings. The fourth-order valence-electron chi connectivity index (χ4n) is 2.33. The molecule has 4 heteroatoms. The van der Waals surface area contributed by atoms with Gasteiger partial charge >= 0.3 is 0 Å². The Kier molecular flexibility index (Phi) is 2.44. The Balaban J connectivity index is 2.39. The van der Waals surface area contributed by atoms with Gasteiger partial charge in [-0.2, -0.15) is 0 Å². The van der Waals surface area contributed by atoms with E-state index in [0.29, 0.717) is 11.9 Å². The lowest BCUT2D eigenvalue weighted by atomic mass is 10.2. The molecular formula is C14H16N4. The highest BCUT2D eigenvalue weighted by atomic mass is 15.2. The van der Waals surface area contributed by atoms with E-state index < -0.39 is 0 Å². The van der Waals surface area contributed by atoms with E-state index in [9.17, 15) is 0 Å². The summed E-state index contributed by atoms with van der Waals surface area (Å²) in [6.07, 6.45) is 1.80. The number of nitrogen functional groups attached to an aromatic ring is 1. The molecule has 0 aliphatic rings. The second-order valence-corrected chi connectivity index (χ2v) is 4.98. The summed E-state index contributed by atoms with van der Waals surface area (Å²) in [5, 5.41) is 1.11. The van der Waals surface area contributed by atoms with Crippen molar-refractivity contribution < 1.29 is 0 Å². The number of pyridine rings is 1. The van der Waals surface area contributed by atoms with Gasteiger partial charge in [0.1, 0.15) is 5.52 Å². The van der Waals surface area contributed by atoms with Crippen molar-refractivity contribution in [2.75, 3.05) is 5.73 Å². The number of nitrogens with zero attached hydrogens (tertiary/aromatic N) is 3. The van der Waals surface area contributed by atoms with Crippen LogP contribution in [0.15, 0.2) is 30.5 Å². The third-order valence-electron chi connectivity index (χ3n) is 3.06. The normalized spacial score (nSPS) is 11.7. The van der Waals surface area contributed by atoms with E-state index in [2.05, 4.69) is 34.4 Å². The highest BCUT2D eigenvalue weighted by Crippen LogP contribution is 2.26. The molecule has 0 unspecified atom stereocenters. The van der Waals surface area contributed by atoms with E-state index in [4.69, 9.17) is 5.73 Å². The summed E-state index contributed by atoms with van der Waals surface area (Å²) in [6.45, 7) is 5.22. The number of benzene rings is 1. The van der Waals surface area contributed by atoms with Crippen molar-refractivity contribution in [2.24, 2.45) is 5.92 Å². The third-order valence-corrected chi connectivity index (χ3v) is 3.06. The van der Waals surface area contributed by atoms with Crippen LogP contribution < -0.4 is 5.73 Å². The molecule has 0 amide bonds. The zero-order valence-corrected chi connectivity index (χ0v) is 10.6.